The van der Waals surface area contributed by atoms with Crippen LogP contribution in [0.15, 0.2) is 0 Å². The van der Waals surface area contributed by atoms with Crippen molar-refractivity contribution < 1.29 is 25.0 Å². The van der Waals surface area contributed by atoms with E-state index in [2.05, 4.69) is 13.8 Å². The number of unbranched alkanes of at least 4 members (excludes halogenated alkanes) is 6. The molecule has 0 spiro atoms. The van der Waals surface area contributed by atoms with E-state index in [0.29, 0.717) is 31.2 Å². The molecule has 1 aromatic carbocycles. The Labute approximate surface area is 153 Å². The number of benzene rings is 1. The molecule has 1 rings (SSSR count). The van der Waals surface area contributed by atoms with E-state index in [1.807, 2.05) is 0 Å². The molecule has 0 aliphatic rings. The first-order chi connectivity index (χ1) is 12.4. The van der Waals surface area contributed by atoms with Crippen LogP contribution in [0, 0.1) is 10.1 Å². The SMILES string of the molecule is CCCCCCc1c(O)c(O)c(C(=O)O)c([N+](=O)[O-])c1CCCCCC. The summed E-state index contributed by atoms with van der Waals surface area (Å²) >= 11 is 0. The number of hydrogen-bond donors (Lipinski definition) is 3. The summed E-state index contributed by atoms with van der Waals surface area (Å²) in [7, 11) is 0. The normalized spacial score (nSPS) is 10.8. The number of carboxylic acid groups (broad SMARTS) is 1. The quantitative estimate of drug-likeness (QED) is 0.208. The highest BCUT2D eigenvalue weighted by Crippen LogP contribution is 2.44. The third-order valence-electron chi connectivity index (χ3n) is 4.59. The summed E-state index contributed by atoms with van der Waals surface area (Å²) in [5, 5.41) is 41.3. The second-order valence-corrected chi connectivity index (χ2v) is 6.56. The molecule has 0 unspecified atom stereocenters. The first-order valence-corrected chi connectivity index (χ1v) is 9.34. The smallest absolute Gasteiger partial charge is 0.346 e. The molecule has 0 amide bonds. The Balaban J connectivity index is 3.38. The number of nitro groups is 1. The lowest BCUT2D eigenvalue weighted by atomic mass is 9.91. The highest BCUT2D eigenvalue weighted by molar-refractivity contribution is 5.98. The molecular weight excluding hydrogens is 338 g/mol. The summed E-state index contributed by atoms with van der Waals surface area (Å²) < 4.78 is 0. The molecule has 3 N–H and O–H groups in total. The second-order valence-electron chi connectivity index (χ2n) is 6.56. The minimum atomic E-state index is -1.61. The third kappa shape index (κ3) is 5.34. The fourth-order valence-electron chi connectivity index (χ4n) is 3.21. The highest BCUT2D eigenvalue weighted by atomic mass is 16.6. The van der Waals surface area contributed by atoms with Crippen LogP contribution < -0.4 is 0 Å². The van der Waals surface area contributed by atoms with Crippen LogP contribution in [0.4, 0.5) is 5.69 Å². The van der Waals surface area contributed by atoms with Gasteiger partial charge >= 0.3 is 5.97 Å². The lowest BCUT2D eigenvalue weighted by Gasteiger charge is -2.16. The van der Waals surface area contributed by atoms with Gasteiger partial charge in [0, 0.05) is 11.1 Å². The second kappa shape index (κ2) is 10.6. The van der Waals surface area contributed by atoms with Crippen molar-refractivity contribution in [2.75, 3.05) is 0 Å². The van der Waals surface area contributed by atoms with E-state index in [9.17, 15) is 30.2 Å². The Morgan fingerprint density at radius 2 is 1.38 bits per heavy atom. The van der Waals surface area contributed by atoms with Crippen LogP contribution in [-0.4, -0.2) is 26.2 Å². The maximum absolute atomic E-state index is 11.6. The van der Waals surface area contributed by atoms with Crippen LogP contribution in [0.25, 0.3) is 0 Å². The van der Waals surface area contributed by atoms with Crippen LogP contribution in [0.2, 0.25) is 0 Å². The lowest BCUT2D eigenvalue weighted by Crippen LogP contribution is -2.10. The Hall–Kier alpha value is -2.31. The van der Waals surface area contributed by atoms with E-state index in [-0.39, 0.29) is 5.56 Å². The molecule has 26 heavy (non-hydrogen) atoms. The molecule has 0 saturated heterocycles. The van der Waals surface area contributed by atoms with Gasteiger partial charge in [0.05, 0.1) is 4.92 Å². The molecule has 1 aromatic rings. The molecule has 0 aliphatic heterocycles. The zero-order valence-corrected chi connectivity index (χ0v) is 15.6. The van der Waals surface area contributed by atoms with Gasteiger partial charge in [-0.2, -0.15) is 0 Å². The highest BCUT2D eigenvalue weighted by Gasteiger charge is 2.34. The number of carbonyl (C=O) groups is 1. The van der Waals surface area contributed by atoms with E-state index >= 15 is 0 Å². The number of nitro benzene ring substituents is 1. The predicted molar refractivity (Wildman–Crippen MR) is 99.1 cm³/mol. The van der Waals surface area contributed by atoms with E-state index in [1.54, 1.807) is 0 Å². The van der Waals surface area contributed by atoms with Crippen LogP contribution in [-0.2, 0) is 12.8 Å². The Morgan fingerprint density at radius 3 is 1.81 bits per heavy atom. The predicted octanol–water partition coefficient (Wildman–Crippen LogP) is 4.95. The Bertz CT molecular complexity index is 642. The summed E-state index contributed by atoms with van der Waals surface area (Å²) in [4.78, 5) is 22.3. The molecule has 146 valence electrons. The summed E-state index contributed by atoms with van der Waals surface area (Å²) in [6, 6.07) is 0. The summed E-state index contributed by atoms with van der Waals surface area (Å²) in [5.74, 6) is -3.06. The fourth-order valence-corrected chi connectivity index (χ4v) is 3.21. The Morgan fingerprint density at radius 1 is 0.885 bits per heavy atom. The monoisotopic (exact) mass is 367 g/mol. The van der Waals surface area contributed by atoms with Gasteiger partial charge in [0.1, 0.15) is 0 Å². The molecule has 0 heterocycles. The zero-order valence-electron chi connectivity index (χ0n) is 15.6. The van der Waals surface area contributed by atoms with Crippen LogP contribution in [0.1, 0.15) is 86.7 Å². The van der Waals surface area contributed by atoms with Gasteiger partial charge in [-0.15, -0.1) is 0 Å². The van der Waals surface area contributed by atoms with Gasteiger partial charge < -0.3 is 15.3 Å². The molecule has 0 radical (unpaired) electrons. The maximum atomic E-state index is 11.6. The fraction of sp³-hybridized carbons (Fsp3) is 0.632. The van der Waals surface area contributed by atoms with E-state index in [4.69, 9.17) is 0 Å². The topological polar surface area (TPSA) is 121 Å². The lowest BCUT2D eigenvalue weighted by molar-refractivity contribution is -0.386. The molecule has 0 atom stereocenters. The average Bonchev–Trinajstić information content (AvgIpc) is 2.59. The van der Waals surface area contributed by atoms with Gasteiger partial charge in [-0.05, 0) is 25.7 Å². The molecule has 0 aromatic heterocycles. The largest absolute Gasteiger partial charge is 0.504 e. The average molecular weight is 367 g/mol. The van der Waals surface area contributed by atoms with Crippen molar-refractivity contribution in [2.24, 2.45) is 0 Å². The van der Waals surface area contributed by atoms with E-state index < -0.39 is 33.6 Å². The van der Waals surface area contributed by atoms with Gasteiger partial charge in [-0.1, -0.05) is 52.4 Å². The van der Waals surface area contributed by atoms with Gasteiger partial charge in [-0.25, -0.2) is 4.79 Å². The molecular formula is C19H29NO6. The standard InChI is InChI=1S/C19H29NO6/c1-3-5-7-9-11-13-14(12-10-8-6-4-2)17(21)18(22)15(19(23)24)16(13)20(25)26/h21-22H,3-12H2,1-2H3,(H,23,24). The molecule has 7 heteroatoms. The van der Waals surface area contributed by atoms with Crippen molar-refractivity contribution in [1.82, 2.24) is 0 Å². The summed E-state index contributed by atoms with van der Waals surface area (Å²) in [6.07, 6.45) is 7.87. The van der Waals surface area contributed by atoms with E-state index in [1.165, 1.54) is 0 Å². The minimum absolute atomic E-state index is 0.246. The van der Waals surface area contributed by atoms with Crippen molar-refractivity contribution >= 4 is 11.7 Å². The molecule has 0 bridgehead atoms. The molecule has 0 saturated carbocycles. The molecule has 0 aliphatic carbocycles. The van der Waals surface area contributed by atoms with Gasteiger partial charge in [-0.3, -0.25) is 10.1 Å². The first-order valence-electron chi connectivity index (χ1n) is 9.34. The van der Waals surface area contributed by atoms with Gasteiger partial charge in [0.25, 0.3) is 5.69 Å². The van der Waals surface area contributed by atoms with Crippen molar-refractivity contribution in [3.63, 3.8) is 0 Å². The number of phenols is 2. The van der Waals surface area contributed by atoms with Crippen LogP contribution in [0.3, 0.4) is 0 Å². The Kier molecular flexibility index (Phi) is 8.88. The summed E-state index contributed by atoms with van der Waals surface area (Å²) in [6.45, 7) is 4.12. The number of hydrogen-bond acceptors (Lipinski definition) is 5. The number of aromatic hydroxyl groups is 2. The summed E-state index contributed by atoms with van der Waals surface area (Å²) in [5.41, 5.74) is -0.854. The zero-order chi connectivity index (χ0) is 19.7. The molecule has 0 fully saturated rings. The van der Waals surface area contributed by atoms with Crippen molar-refractivity contribution in [1.29, 1.82) is 0 Å². The minimum Gasteiger partial charge on any atom is -0.504 e. The van der Waals surface area contributed by atoms with Crippen molar-refractivity contribution in [3.05, 3.63) is 26.8 Å². The number of carboxylic acids is 1. The van der Waals surface area contributed by atoms with Crippen LogP contribution in [0.5, 0.6) is 11.5 Å². The number of aromatic carboxylic acids is 1. The third-order valence-corrected chi connectivity index (χ3v) is 4.59. The molecule has 7 nitrogen and oxygen atoms in total. The van der Waals surface area contributed by atoms with Gasteiger partial charge in [0.15, 0.2) is 17.1 Å². The van der Waals surface area contributed by atoms with Crippen LogP contribution >= 0.6 is 0 Å². The van der Waals surface area contributed by atoms with Crippen molar-refractivity contribution in [2.45, 2.75) is 78.1 Å². The number of nitrogens with zero attached hydrogens (tertiary/aromatic N) is 1. The van der Waals surface area contributed by atoms with Crippen molar-refractivity contribution in [3.8, 4) is 11.5 Å². The number of rotatable bonds is 12. The maximum Gasteiger partial charge on any atom is 0.346 e. The van der Waals surface area contributed by atoms with E-state index in [0.717, 1.165) is 38.5 Å². The number of phenolic OH excluding ortho intramolecular Hbond substituents is 1. The van der Waals surface area contributed by atoms with Gasteiger partial charge in [0.2, 0.25) is 0 Å². The first kappa shape index (κ1) is 21.7.